The third-order valence-corrected chi connectivity index (χ3v) is 4.03. The zero-order valence-electron chi connectivity index (χ0n) is 10.9. The molecule has 0 spiro atoms. The molecule has 1 aliphatic heterocycles. The molecule has 20 heavy (non-hydrogen) atoms. The lowest BCUT2D eigenvalue weighted by Crippen LogP contribution is -2.30. The molecule has 0 saturated carbocycles. The number of hydrogen-bond acceptors (Lipinski definition) is 5. The van der Waals surface area contributed by atoms with Gasteiger partial charge in [0.15, 0.2) is 0 Å². The lowest BCUT2D eigenvalue weighted by Gasteiger charge is -2.18. The Kier molecular flexibility index (Phi) is 4.19. The number of aromatic nitrogens is 1. The van der Waals surface area contributed by atoms with Crippen molar-refractivity contribution in [3.63, 3.8) is 0 Å². The predicted molar refractivity (Wildman–Crippen MR) is 68.2 cm³/mol. The van der Waals surface area contributed by atoms with Crippen LogP contribution in [0.1, 0.15) is 28.0 Å². The Morgan fingerprint density at radius 3 is 2.95 bits per heavy atom. The maximum Gasteiger partial charge on any atom is 0.407 e. The summed E-state index contributed by atoms with van der Waals surface area (Å²) >= 11 is 1.14. The van der Waals surface area contributed by atoms with Crippen LogP contribution in [0.5, 0.6) is 0 Å². The van der Waals surface area contributed by atoms with Crippen molar-refractivity contribution in [1.82, 2.24) is 14.9 Å². The third kappa shape index (κ3) is 2.73. The van der Waals surface area contributed by atoms with Crippen LogP contribution in [0.25, 0.3) is 0 Å². The number of likely N-dealkylation sites (tertiary alicyclic amines) is 1. The summed E-state index contributed by atoms with van der Waals surface area (Å²) in [5.41, 5.74) is 0.155. The highest BCUT2D eigenvalue weighted by molar-refractivity contribution is 7.09. The number of halogens is 1. The Hall–Kier alpha value is -1.74. The summed E-state index contributed by atoms with van der Waals surface area (Å²) in [7, 11) is 2.79. The SMILES string of the molecule is CON(C)C(=O)c1csc([C@@H]2C[C@@H](F)CN2C(=O)O)n1. The van der Waals surface area contributed by atoms with Gasteiger partial charge in [0.1, 0.15) is 16.9 Å². The lowest BCUT2D eigenvalue weighted by atomic mass is 10.2. The topological polar surface area (TPSA) is 83.0 Å². The number of rotatable bonds is 3. The van der Waals surface area contributed by atoms with E-state index in [9.17, 15) is 14.0 Å². The molecule has 1 fully saturated rings. The molecule has 1 aliphatic rings. The molecule has 1 N–H and O–H groups in total. The highest BCUT2D eigenvalue weighted by Gasteiger charge is 2.38. The molecule has 2 rings (SSSR count). The summed E-state index contributed by atoms with van der Waals surface area (Å²) in [5.74, 6) is -0.438. The van der Waals surface area contributed by atoms with Crippen LogP contribution in [-0.4, -0.2) is 58.9 Å². The Morgan fingerprint density at radius 1 is 1.65 bits per heavy atom. The molecule has 2 amide bonds. The van der Waals surface area contributed by atoms with Gasteiger partial charge < -0.3 is 5.11 Å². The number of thiazole rings is 1. The van der Waals surface area contributed by atoms with E-state index in [-0.39, 0.29) is 18.7 Å². The van der Waals surface area contributed by atoms with E-state index in [1.54, 1.807) is 0 Å². The minimum atomic E-state index is -1.21. The number of amides is 2. The molecular weight excluding hydrogens is 289 g/mol. The molecule has 2 atom stereocenters. The second kappa shape index (κ2) is 5.71. The van der Waals surface area contributed by atoms with Crippen molar-refractivity contribution in [3.8, 4) is 0 Å². The van der Waals surface area contributed by atoms with E-state index in [0.717, 1.165) is 21.3 Å². The highest BCUT2D eigenvalue weighted by Crippen LogP contribution is 2.35. The first-order valence-corrected chi connectivity index (χ1v) is 6.73. The summed E-state index contributed by atoms with van der Waals surface area (Å²) in [6.07, 6.45) is -2.33. The number of carboxylic acid groups (broad SMARTS) is 1. The van der Waals surface area contributed by atoms with Crippen molar-refractivity contribution >= 4 is 23.3 Å². The molecule has 1 saturated heterocycles. The van der Waals surface area contributed by atoms with Crippen LogP contribution >= 0.6 is 11.3 Å². The zero-order chi connectivity index (χ0) is 14.9. The molecule has 0 radical (unpaired) electrons. The van der Waals surface area contributed by atoms with Crippen LogP contribution in [0.3, 0.4) is 0 Å². The van der Waals surface area contributed by atoms with E-state index in [0.29, 0.717) is 5.01 Å². The van der Waals surface area contributed by atoms with E-state index < -0.39 is 24.2 Å². The van der Waals surface area contributed by atoms with Gasteiger partial charge >= 0.3 is 6.09 Å². The van der Waals surface area contributed by atoms with Gasteiger partial charge in [0.25, 0.3) is 5.91 Å². The Balaban J connectivity index is 2.20. The van der Waals surface area contributed by atoms with Gasteiger partial charge in [-0.2, -0.15) is 0 Å². The summed E-state index contributed by atoms with van der Waals surface area (Å²) in [6, 6.07) is -0.637. The molecule has 7 nitrogen and oxygen atoms in total. The monoisotopic (exact) mass is 303 g/mol. The van der Waals surface area contributed by atoms with E-state index in [4.69, 9.17) is 9.94 Å². The average Bonchev–Trinajstić information content (AvgIpc) is 3.02. The Bertz CT molecular complexity index is 524. The fraction of sp³-hybridized carbons (Fsp3) is 0.545. The predicted octanol–water partition coefficient (Wildman–Crippen LogP) is 1.54. The first-order valence-electron chi connectivity index (χ1n) is 5.85. The molecular formula is C11H14FN3O4S. The molecule has 0 aromatic carbocycles. The summed E-state index contributed by atoms with van der Waals surface area (Å²) in [6.45, 7) is -0.166. The smallest absolute Gasteiger partial charge is 0.407 e. The van der Waals surface area contributed by atoms with Crippen LogP contribution < -0.4 is 0 Å². The van der Waals surface area contributed by atoms with Gasteiger partial charge in [-0.15, -0.1) is 11.3 Å². The van der Waals surface area contributed by atoms with Crippen LogP contribution in [0.4, 0.5) is 9.18 Å². The fourth-order valence-electron chi connectivity index (χ4n) is 2.01. The van der Waals surface area contributed by atoms with Gasteiger partial charge in [-0.05, 0) is 0 Å². The molecule has 0 unspecified atom stereocenters. The summed E-state index contributed by atoms with van der Waals surface area (Å²) < 4.78 is 13.4. The maximum atomic E-state index is 13.4. The highest BCUT2D eigenvalue weighted by atomic mass is 32.1. The van der Waals surface area contributed by atoms with Crippen molar-refractivity contribution < 1.29 is 23.9 Å². The van der Waals surface area contributed by atoms with Crippen LogP contribution in [0.15, 0.2) is 5.38 Å². The van der Waals surface area contributed by atoms with E-state index >= 15 is 0 Å². The van der Waals surface area contributed by atoms with E-state index in [1.165, 1.54) is 19.5 Å². The molecule has 110 valence electrons. The van der Waals surface area contributed by atoms with E-state index in [1.807, 2.05) is 0 Å². The number of carbonyl (C=O) groups is 2. The van der Waals surface area contributed by atoms with Crippen molar-refractivity contribution in [3.05, 3.63) is 16.1 Å². The van der Waals surface area contributed by atoms with Gasteiger partial charge in [-0.3, -0.25) is 14.5 Å². The molecule has 0 bridgehead atoms. The molecule has 1 aromatic heterocycles. The minimum absolute atomic E-state index is 0.0631. The van der Waals surface area contributed by atoms with Gasteiger partial charge in [-0.1, -0.05) is 0 Å². The number of carbonyl (C=O) groups excluding carboxylic acids is 1. The van der Waals surface area contributed by atoms with Crippen LogP contribution in [0.2, 0.25) is 0 Å². The normalized spacial score (nSPS) is 22.1. The van der Waals surface area contributed by atoms with Crippen molar-refractivity contribution in [2.24, 2.45) is 0 Å². The average molecular weight is 303 g/mol. The van der Waals surface area contributed by atoms with E-state index in [2.05, 4.69) is 4.98 Å². The second-order valence-electron chi connectivity index (χ2n) is 4.34. The number of hydroxylamine groups is 2. The number of nitrogens with zero attached hydrogens (tertiary/aromatic N) is 3. The summed E-state index contributed by atoms with van der Waals surface area (Å²) in [4.78, 5) is 32.8. The molecule has 2 heterocycles. The Morgan fingerprint density at radius 2 is 2.35 bits per heavy atom. The zero-order valence-corrected chi connectivity index (χ0v) is 11.8. The lowest BCUT2D eigenvalue weighted by molar-refractivity contribution is -0.0760. The molecule has 1 aromatic rings. The number of alkyl halides is 1. The molecule has 9 heteroatoms. The molecule has 0 aliphatic carbocycles. The van der Waals surface area contributed by atoms with Crippen LogP contribution in [0, 0.1) is 0 Å². The fourth-order valence-corrected chi connectivity index (χ4v) is 2.93. The van der Waals surface area contributed by atoms with Crippen molar-refractivity contribution in [1.29, 1.82) is 0 Å². The van der Waals surface area contributed by atoms with Crippen molar-refractivity contribution in [2.75, 3.05) is 20.7 Å². The maximum absolute atomic E-state index is 13.4. The second-order valence-corrected chi connectivity index (χ2v) is 5.23. The minimum Gasteiger partial charge on any atom is -0.465 e. The largest absolute Gasteiger partial charge is 0.465 e. The van der Waals surface area contributed by atoms with Gasteiger partial charge in [0, 0.05) is 18.8 Å². The Labute approximate surface area is 118 Å². The summed E-state index contributed by atoms with van der Waals surface area (Å²) in [5, 5.41) is 12.0. The van der Waals surface area contributed by atoms with Crippen LogP contribution in [-0.2, 0) is 4.84 Å². The van der Waals surface area contributed by atoms with Gasteiger partial charge in [0.2, 0.25) is 0 Å². The van der Waals surface area contributed by atoms with Gasteiger partial charge in [0.05, 0.1) is 19.7 Å². The first-order chi connectivity index (χ1) is 9.43. The first kappa shape index (κ1) is 14.7. The number of hydrogen-bond donors (Lipinski definition) is 1. The third-order valence-electron chi connectivity index (χ3n) is 3.08. The van der Waals surface area contributed by atoms with Gasteiger partial charge in [-0.25, -0.2) is 19.2 Å². The quantitative estimate of drug-likeness (QED) is 0.856. The standard InChI is InChI=1S/C11H14FN3O4S/c1-14(19-2)10(16)7-5-20-9(13-7)8-3-6(12)4-15(8)11(17)18/h5-6,8H,3-4H2,1-2H3,(H,17,18)/t6-,8+/m1/s1. The van der Waals surface area contributed by atoms with Crippen molar-refractivity contribution in [2.45, 2.75) is 18.6 Å².